The van der Waals surface area contributed by atoms with E-state index in [0.717, 1.165) is 0 Å². The largest absolute Gasteiger partial charge is 0.144 e. The molecule has 4 aromatic rings. The summed E-state index contributed by atoms with van der Waals surface area (Å²) in [6.45, 7) is 0. The third kappa shape index (κ3) is 5.54. The van der Waals surface area contributed by atoms with Crippen molar-refractivity contribution in [3.05, 3.63) is 121 Å². The van der Waals surface area contributed by atoms with Crippen molar-refractivity contribution in [3.63, 3.8) is 0 Å². The van der Waals surface area contributed by atoms with Crippen LogP contribution in [0.15, 0.2) is 121 Å². The fourth-order valence-corrected chi connectivity index (χ4v) is 7.77. The minimum absolute atomic E-state index is 1.39. The van der Waals surface area contributed by atoms with E-state index < -0.39 is 22.5 Å². The van der Waals surface area contributed by atoms with Gasteiger partial charge in [0.05, 0.1) is 0 Å². The second kappa shape index (κ2) is 11.3. The van der Waals surface area contributed by atoms with Crippen LogP contribution in [0.25, 0.3) is 0 Å². The maximum atomic E-state index is 4.95. The second-order valence-electron chi connectivity index (χ2n) is 6.14. The second-order valence-corrected chi connectivity index (χ2v) is 18.9. The van der Waals surface area contributed by atoms with Crippen LogP contribution in [0.5, 0.6) is 0 Å². The molecule has 0 radical (unpaired) electrons. The van der Waals surface area contributed by atoms with Gasteiger partial charge in [0.1, 0.15) is 28.5 Å². The van der Waals surface area contributed by atoms with Crippen molar-refractivity contribution in [2.24, 2.45) is 0 Å². The Kier molecular flexibility index (Phi) is 8.85. The molecule has 0 aliphatic rings. The van der Waals surface area contributed by atoms with Crippen LogP contribution in [-0.4, -0.2) is 0 Å². The molecular formula is C24H20AuCl3P+. The summed E-state index contributed by atoms with van der Waals surface area (Å²) in [5.41, 5.74) is 0. The fraction of sp³-hybridized carbons (Fsp3) is 0. The van der Waals surface area contributed by atoms with Gasteiger partial charge in [0.25, 0.3) is 0 Å². The Morgan fingerprint density at radius 2 is 0.552 bits per heavy atom. The van der Waals surface area contributed by atoms with Crippen LogP contribution in [0, 0.1) is 0 Å². The Morgan fingerprint density at radius 1 is 0.379 bits per heavy atom. The van der Waals surface area contributed by atoms with Gasteiger partial charge in [0.15, 0.2) is 0 Å². The summed E-state index contributed by atoms with van der Waals surface area (Å²) in [6, 6.07) is 43.8. The fourth-order valence-electron chi connectivity index (χ4n) is 3.50. The summed E-state index contributed by atoms with van der Waals surface area (Å²) < 4.78 is 0. The van der Waals surface area contributed by atoms with Crippen LogP contribution in [0.4, 0.5) is 0 Å². The van der Waals surface area contributed by atoms with E-state index >= 15 is 0 Å². The number of rotatable bonds is 4. The predicted octanol–water partition coefficient (Wildman–Crippen LogP) is 6.37. The molecule has 0 spiro atoms. The van der Waals surface area contributed by atoms with Crippen molar-refractivity contribution in [1.82, 2.24) is 0 Å². The van der Waals surface area contributed by atoms with Crippen molar-refractivity contribution in [1.29, 1.82) is 0 Å². The normalized spacial score (nSPS) is 11.2. The third-order valence-electron chi connectivity index (χ3n) is 4.57. The van der Waals surface area contributed by atoms with E-state index in [1.165, 1.54) is 21.2 Å². The molecule has 0 saturated carbocycles. The molecule has 4 aromatic carbocycles. The molecule has 0 bridgehead atoms. The maximum absolute atomic E-state index is 4.95. The molecule has 0 nitrogen and oxygen atoms in total. The predicted molar refractivity (Wildman–Crippen MR) is 129 cm³/mol. The molecule has 0 N–H and O–H groups in total. The molecule has 5 heteroatoms. The summed E-state index contributed by atoms with van der Waals surface area (Å²) in [4.78, 5) is 0. The van der Waals surface area contributed by atoms with Crippen LogP contribution < -0.4 is 21.2 Å². The Bertz CT molecular complexity index is 815. The molecule has 0 aromatic heterocycles. The summed E-state index contributed by atoms with van der Waals surface area (Å²) >= 11 is -1.79. The molecule has 0 saturated heterocycles. The summed E-state index contributed by atoms with van der Waals surface area (Å²) in [7, 11) is 13.0. The van der Waals surface area contributed by atoms with E-state index in [2.05, 4.69) is 121 Å². The Balaban J connectivity index is 0.000000552. The monoisotopic (exact) mass is 641 g/mol. The Morgan fingerprint density at radius 3 is 0.724 bits per heavy atom. The number of halogens is 3. The van der Waals surface area contributed by atoms with Crippen LogP contribution in [-0.2, 0) is 15.2 Å². The minimum atomic E-state index is -1.91. The molecule has 0 amide bonds. The van der Waals surface area contributed by atoms with Crippen molar-refractivity contribution in [2.75, 3.05) is 0 Å². The molecule has 0 heterocycles. The van der Waals surface area contributed by atoms with Gasteiger partial charge < -0.3 is 0 Å². The molecule has 0 aliphatic heterocycles. The first-order valence-electron chi connectivity index (χ1n) is 8.88. The molecule has 4 rings (SSSR count). The molecular weight excluding hydrogens is 623 g/mol. The zero-order valence-corrected chi connectivity index (χ0v) is 20.8. The van der Waals surface area contributed by atoms with Crippen LogP contribution in [0.3, 0.4) is 0 Å². The number of hydrogen-bond acceptors (Lipinski definition) is 0. The zero-order chi connectivity index (χ0) is 20.5. The molecule has 29 heavy (non-hydrogen) atoms. The van der Waals surface area contributed by atoms with Gasteiger partial charge >= 0.3 is 42.8 Å². The maximum Gasteiger partial charge on any atom is 0.144 e. The Hall–Kier alpha value is -1.08. The van der Waals surface area contributed by atoms with E-state index in [-0.39, 0.29) is 0 Å². The first-order chi connectivity index (χ1) is 14.2. The average molecular weight is 643 g/mol. The molecule has 0 atom stereocenters. The molecule has 0 fully saturated rings. The molecule has 0 unspecified atom stereocenters. The van der Waals surface area contributed by atoms with Gasteiger partial charge in [-0.2, -0.15) is 0 Å². The van der Waals surface area contributed by atoms with Crippen LogP contribution in [0.2, 0.25) is 0 Å². The van der Waals surface area contributed by atoms with E-state index in [0.29, 0.717) is 0 Å². The SMILES string of the molecule is [Cl][Au]([Cl])[Cl].c1ccc([P+](c2ccccc2)(c2ccccc2)c2ccccc2)cc1. The average Bonchev–Trinajstić information content (AvgIpc) is 2.77. The quantitative estimate of drug-likeness (QED) is 0.179. The third-order valence-corrected chi connectivity index (χ3v) is 8.86. The first kappa shape index (κ1) is 22.6. The first-order valence-corrected chi connectivity index (χ1v) is 18.7. The summed E-state index contributed by atoms with van der Waals surface area (Å²) in [5, 5.41) is 5.55. The van der Waals surface area contributed by atoms with E-state index in [1.807, 2.05) is 0 Å². The molecule has 152 valence electrons. The minimum Gasteiger partial charge on any atom is -0.0620 e. The molecule has 0 aliphatic carbocycles. The smallest absolute Gasteiger partial charge is 0.0620 e. The number of hydrogen-bond donors (Lipinski definition) is 0. The van der Waals surface area contributed by atoms with Gasteiger partial charge in [0.2, 0.25) is 0 Å². The standard InChI is InChI=1S/C24H20P.Au.3ClH/c1-5-13-21(14-6-1)25(22-15-7-2-8-16-22,23-17-9-3-10-18-23)24-19-11-4-12-20-24;;;;/h1-20H;;3*1H/q+1;+3;;;/p-3. The summed E-state index contributed by atoms with van der Waals surface area (Å²) in [5.74, 6) is 0. The van der Waals surface area contributed by atoms with Gasteiger partial charge in [-0.25, -0.2) is 0 Å². The van der Waals surface area contributed by atoms with Gasteiger partial charge in [-0.3, -0.25) is 0 Å². The zero-order valence-electron chi connectivity index (χ0n) is 15.4. The van der Waals surface area contributed by atoms with Gasteiger partial charge in [-0.1, -0.05) is 72.8 Å². The van der Waals surface area contributed by atoms with E-state index in [1.54, 1.807) is 0 Å². The van der Waals surface area contributed by atoms with E-state index in [9.17, 15) is 0 Å². The van der Waals surface area contributed by atoms with Crippen molar-refractivity contribution in [3.8, 4) is 0 Å². The van der Waals surface area contributed by atoms with Gasteiger partial charge in [0, 0.05) is 0 Å². The van der Waals surface area contributed by atoms with Crippen molar-refractivity contribution < 1.29 is 15.2 Å². The van der Waals surface area contributed by atoms with Crippen molar-refractivity contribution in [2.45, 2.75) is 0 Å². The number of benzene rings is 4. The summed E-state index contributed by atoms with van der Waals surface area (Å²) in [6.07, 6.45) is 0. The van der Waals surface area contributed by atoms with Crippen LogP contribution >= 0.6 is 34.8 Å². The van der Waals surface area contributed by atoms with E-state index in [4.69, 9.17) is 27.6 Å². The van der Waals surface area contributed by atoms with Crippen molar-refractivity contribution >= 4 is 56.0 Å². The van der Waals surface area contributed by atoms with Gasteiger partial charge in [-0.15, -0.1) is 0 Å². The topological polar surface area (TPSA) is 0 Å². The van der Waals surface area contributed by atoms with Gasteiger partial charge in [-0.05, 0) is 48.5 Å². The van der Waals surface area contributed by atoms with Crippen LogP contribution in [0.1, 0.15) is 0 Å². The Labute approximate surface area is 191 Å².